The summed E-state index contributed by atoms with van der Waals surface area (Å²) in [6.07, 6.45) is 3.15. The fraction of sp³-hybridized carbons (Fsp3) is 0.211. The zero-order valence-corrected chi connectivity index (χ0v) is 14.2. The molecule has 0 aliphatic heterocycles. The van der Waals surface area contributed by atoms with Crippen molar-refractivity contribution in [1.29, 1.82) is 0 Å². The van der Waals surface area contributed by atoms with Crippen LogP contribution in [0.2, 0.25) is 0 Å². The Kier molecular flexibility index (Phi) is 6.73. The number of hydrogen-bond donors (Lipinski definition) is 0. The van der Waals surface area contributed by atoms with Gasteiger partial charge in [-0.3, -0.25) is 4.79 Å². The SMILES string of the molecule is C=CCN(CC=C)C(=O)COC(=O)COc1ccc2ccc(=O)oc2c1. The number of nitrogens with zero attached hydrogens (tertiary/aromatic N) is 1. The van der Waals surface area contributed by atoms with Gasteiger partial charge in [0.25, 0.3) is 5.91 Å². The molecular weight excluding hydrogens is 338 g/mol. The van der Waals surface area contributed by atoms with Crippen LogP contribution in [0.15, 0.2) is 64.9 Å². The van der Waals surface area contributed by atoms with E-state index in [-0.39, 0.29) is 12.5 Å². The number of amides is 1. The minimum Gasteiger partial charge on any atom is -0.482 e. The third-order valence-corrected chi connectivity index (χ3v) is 3.36. The lowest BCUT2D eigenvalue weighted by Crippen LogP contribution is -2.35. The Labute approximate surface area is 150 Å². The van der Waals surface area contributed by atoms with Gasteiger partial charge >= 0.3 is 11.6 Å². The molecule has 0 N–H and O–H groups in total. The van der Waals surface area contributed by atoms with Gasteiger partial charge in [0.05, 0.1) is 0 Å². The van der Waals surface area contributed by atoms with E-state index >= 15 is 0 Å². The molecule has 1 aromatic heterocycles. The minimum absolute atomic E-state index is 0.335. The lowest BCUT2D eigenvalue weighted by molar-refractivity contribution is -0.153. The van der Waals surface area contributed by atoms with Crippen LogP contribution in [-0.4, -0.2) is 43.1 Å². The lowest BCUT2D eigenvalue weighted by Gasteiger charge is -2.18. The van der Waals surface area contributed by atoms with Crippen LogP contribution in [0.4, 0.5) is 0 Å². The molecule has 0 aliphatic carbocycles. The molecule has 2 aromatic rings. The van der Waals surface area contributed by atoms with Crippen molar-refractivity contribution in [2.45, 2.75) is 0 Å². The number of carbonyl (C=O) groups is 2. The molecule has 0 aliphatic rings. The summed E-state index contributed by atoms with van der Waals surface area (Å²) in [7, 11) is 0. The average Bonchev–Trinajstić information content (AvgIpc) is 2.63. The number of fused-ring (bicyclic) bond motifs is 1. The van der Waals surface area contributed by atoms with E-state index in [4.69, 9.17) is 13.9 Å². The second kappa shape index (κ2) is 9.22. The second-order valence-corrected chi connectivity index (χ2v) is 5.28. The maximum atomic E-state index is 12.0. The first-order valence-corrected chi connectivity index (χ1v) is 7.85. The zero-order chi connectivity index (χ0) is 18.9. The maximum Gasteiger partial charge on any atom is 0.344 e. The van der Waals surface area contributed by atoms with E-state index in [2.05, 4.69) is 13.2 Å². The fourth-order valence-corrected chi connectivity index (χ4v) is 2.14. The van der Waals surface area contributed by atoms with Gasteiger partial charge in [-0.25, -0.2) is 9.59 Å². The minimum atomic E-state index is -0.690. The smallest absolute Gasteiger partial charge is 0.344 e. The van der Waals surface area contributed by atoms with E-state index < -0.39 is 18.2 Å². The van der Waals surface area contributed by atoms with Crippen molar-refractivity contribution in [3.8, 4) is 5.75 Å². The van der Waals surface area contributed by atoms with Gasteiger partial charge in [-0.15, -0.1) is 13.2 Å². The second-order valence-electron chi connectivity index (χ2n) is 5.28. The molecule has 136 valence electrons. The summed E-state index contributed by atoms with van der Waals surface area (Å²) in [5, 5.41) is 0.731. The summed E-state index contributed by atoms with van der Waals surface area (Å²) in [5.41, 5.74) is -0.126. The predicted molar refractivity (Wildman–Crippen MR) is 95.9 cm³/mol. The van der Waals surface area contributed by atoms with Gasteiger partial charge in [-0.2, -0.15) is 0 Å². The van der Waals surface area contributed by atoms with E-state index in [0.29, 0.717) is 24.4 Å². The number of benzene rings is 1. The number of ether oxygens (including phenoxy) is 2. The highest BCUT2D eigenvalue weighted by atomic mass is 16.6. The number of esters is 1. The van der Waals surface area contributed by atoms with E-state index in [0.717, 1.165) is 5.39 Å². The molecule has 2 rings (SSSR count). The first kappa shape index (κ1) is 19.0. The normalized spacial score (nSPS) is 10.2. The number of carbonyl (C=O) groups excluding carboxylic acids is 2. The molecule has 1 aromatic carbocycles. The van der Waals surface area contributed by atoms with E-state index in [1.165, 1.54) is 17.0 Å². The summed E-state index contributed by atoms with van der Waals surface area (Å²) in [4.78, 5) is 36.4. The van der Waals surface area contributed by atoms with E-state index in [9.17, 15) is 14.4 Å². The van der Waals surface area contributed by atoms with Gasteiger partial charge in [-0.05, 0) is 18.2 Å². The van der Waals surface area contributed by atoms with Crippen molar-refractivity contribution in [1.82, 2.24) is 4.90 Å². The average molecular weight is 357 g/mol. The molecule has 0 spiro atoms. The highest BCUT2D eigenvalue weighted by Crippen LogP contribution is 2.19. The Bertz CT molecular complexity index is 860. The van der Waals surface area contributed by atoms with Crippen LogP contribution in [-0.2, 0) is 14.3 Å². The van der Waals surface area contributed by atoms with Gasteiger partial charge in [0, 0.05) is 30.6 Å². The topological polar surface area (TPSA) is 86.0 Å². The molecule has 7 heteroatoms. The summed E-state index contributed by atoms with van der Waals surface area (Å²) >= 11 is 0. The van der Waals surface area contributed by atoms with Crippen LogP contribution in [0.1, 0.15) is 0 Å². The summed E-state index contributed by atoms with van der Waals surface area (Å²) < 4.78 is 15.3. The third kappa shape index (κ3) is 5.34. The van der Waals surface area contributed by atoms with Gasteiger partial charge in [0.1, 0.15) is 11.3 Å². The van der Waals surface area contributed by atoms with Crippen molar-refractivity contribution in [3.63, 3.8) is 0 Å². The Morgan fingerprint density at radius 2 is 1.77 bits per heavy atom. The Morgan fingerprint density at radius 1 is 1.08 bits per heavy atom. The first-order chi connectivity index (χ1) is 12.5. The van der Waals surface area contributed by atoms with Crippen LogP contribution < -0.4 is 10.4 Å². The largest absolute Gasteiger partial charge is 0.482 e. The van der Waals surface area contributed by atoms with Crippen molar-refractivity contribution in [2.24, 2.45) is 0 Å². The molecule has 0 saturated carbocycles. The highest BCUT2D eigenvalue weighted by Gasteiger charge is 2.14. The number of rotatable bonds is 9. The molecule has 0 radical (unpaired) electrons. The van der Waals surface area contributed by atoms with Crippen molar-refractivity contribution in [3.05, 3.63) is 66.1 Å². The molecule has 0 saturated heterocycles. The zero-order valence-electron chi connectivity index (χ0n) is 14.2. The third-order valence-electron chi connectivity index (χ3n) is 3.36. The molecule has 0 atom stereocenters. The molecule has 0 fully saturated rings. The van der Waals surface area contributed by atoms with E-state index in [1.807, 2.05) is 0 Å². The van der Waals surface area contributed by atoms with Crippen LogP contribution in [0.25, 0.3) is 11.0 Å². The standard InChI is InChI=1S/C19H19NO6/c1-3-9-20(10-4-2)17(21)12-25-19(23)13-24-15-7-5-14-6-8-18(22)26-16(14)11-15/h3-8,11H,1-2,9-10,12-13H2. The summed E-state index contributed by atoms with van der Waals surface area (Å²) in [6.45, 7) is 7.03. The van der Waals surface area contributed by atoms with Crippen LogP contribution >= 0.6 is 0 Å². The van der Waals surface area contributed by atoms with Crippen molar-refractivity contribution >= 4 is 22.8 Å². The number of hydrogen-bond acceptors (Lipinski definition) is 6. The molecule has 0 unspecified atom stereocenters. The monoisotopic (exact) mass is 357 g/mol. The van der Waals surface area contributed by atoms with Crippen LogP contribution in [0, 0.1) is 0 Å². The summed E-state index contributed by atoms with van der Waals surface area (Å²) in [6, 6.07) is 7.79. The molecule has 26 heavy (non-hydrogen) atoms. The fourth-order valence-electron chi connectivity index (χ4n) is 2.14. The molecule has 1 amide bonds. The Hall–Kier alpha value is -3.35. The molecular formula is C19H19NO6. The molecule has 7 nitrogen and oxygen atoms in total. The molecule has 0 bridgehead atoms. The summed E-state index contributed by atoms with van der Waals surface area (Å²) in [5.74, 6) is -0.703. The van der Waals surface area contributed by atoms with Gasteiger partial charge in [0.15, 0.2) is 13.2 Å². The van der Waals surface area contributed by atoms with Crippen LogP contribution in [0.3, 0.4) is 0 Å². The van der Waals surface area contributed by atoms with E-state index in [1.54, 1.807) is 30.4 Å². The predicted octanol–water partition coefficient (Wildman–Crippen LogP) is 1.92. The Balaban J connectivity index is 1.86. The lowest BCUT2D eigenvalue weighted by atomic mass is 10.2. The Morgan fingerprint density at radius 3 is 2.46 bits per heavy atom. The quantitative estimate of drug-likeness (QED) is 0.387. The van der Waals surface area contributed by atoms with Crippen molar-refractivity contribution in [2.75, 3.05) is 26.3 Å². The van der Waals surface area contributed by atoms with Gasteiger partial charge in [-0.1, -0.05) is 12.2 Å². The molecule has 1 heterocycles. The maximum absolute atomic E-state index is 12.0. The first-order valence-electron chi connectivity index (χ1n) is 7.85. The van der Waals surface area contributed by atoms with Crippen molar-refractivity contribution < 1.29 is 23.5 Å². The van der Waals surface area contributed by atoms with Gasteiger partial charge < -0.3 is 18.8 Å². The van der Waals surface area contributed by atoms with Crippen LogP contribution in [0.5, 0.6) is 5.75 Å². The van der Waals surface area contributed by atoms with Gasteiger partial charge in [0.2, 0.25) is 0 Å². The highest BCUT2D eigenvalue weighted by molar-refractivity contribution is 5.81.